The monoisotopic (exact) mass is 289 g/mol. The number of nitrogens with one attached hydrogen (secondary N) is 1. The zero-order valence-electron chi connectivity index (χ0n) is 9.85. The van der Waals surface area contributed by atoms with E-state index in [-0.39, 0.29) is 12.3 Å². The summed E-state index contributed by atoms with van der Waals surface area (Å²) in [6.07, 6.45) is 0. The highest BCUT2D eigenvalue weighted by Crippen LogP contribution is 2.27. The molecule has 0 amide bonds. The molecule has 0 heterocycles. The minimum Gasteiger partial charge on any atom is -0.508 e. The normalized spacial score (nSPS) is 10.7. The summed E-state index contributed by atoms with van der Waals surface area (Å²) in [6, 6.07) is 5.54. The molecule has 20 heavy (non-hydrogen) atoms. The molecule has 0 aliphatic rings. The molecule has 2 nitrogen and oxygen atoms in total. The number of anilines is 1. The fraction of sp³-hybridized carbons (Fsp3) is 0.0769. The number of benzene rings is 2. The molecule has 0 aliphatic heterocycles. The SMILES string of the molecule is Oc1ccc(CNc2c(F)c(F)c(F)c(F)c2F)cc1. The molecule has 0 aromatic heterocycles. The maximum absolute atomic E-state index is 13.3. The van der Waals surface area contributed by atoms with Crippen LogP contribution >= 0.6 is 0 Å². The molecule has 7 heteroatoms. The molecule has 0 bridgehead atoms. The van der Waals surface area contributed by atoms with E-state index < -0.39 is 34.8 Å². The molecule has 106 valence electrons. The van der Waals surface area contributed by atoms with Gasteiger partial charge in [-0.3, -0.25) is 0 Å². The second-order valence-corrected chi connectivity index (χ2v) is 3.96. The molecule has 0 atom stereocenters. The summed E-state index contributed by atoms with van der Waals surface area (Å²) >= 11 is 0. The Labute approximate surface area is 110 Å². The highest BCUT2D eigenvalue weighted by Gasteiger charge is 2.25. The quantitative estimate of drug-likeness (QED) is 0.513. The first-order chi connectivity index (χ1) is 9.41. The average molecular weight is 289 g/mol. The zero-order chi connectivity index (χ0) is 14.9. The Morgan fingerprint density at radius 1 is 0.750 bits per heavy atom. The molecular formula is C13H8F5NO. The van der Waals surface area contributed by atoms with Crippen molar-refractivity contribution in [3.8, 4) is 5.75 Å². The van der Waals surface area contributed by atoms with Crippen molar-refractivity contribution in [2.45, 2.75) is 6.54 Å². The van der Waals surface area contributed by atoms with Gasteiger partial charge in [0, 0.05) is 6.54 Å². The van der Waals surface area contributed by atoms with Crippen LogP contribution in [0, 0.1) is 29.1 Å². The summed E-state index contributed by atoms with van der Waals surface area (Å²) in [5, 5.41) is 11.2. The van der Waals surface area contributed by atoms with Crippen LogP contribution in [0.25, 0.3) is 0 Å². The van der Waals surface area contributed by atoms with Crippen LogP contribution in [0.1, 0.15) is 5.56 Å². The number of aromatic hydroxyl groups is 1. The molecule has 0 saturated heterocycles. The lowest BCUT2D eigenvalue weighted by atomic mass is 10.2. The second kappa shape index (κ2) is 5.36. The molecular weight excluding hydrogens is 281 g/mol. The maximum atomic E-state index is 13.3. The van der Waals surface area contributed by atoms with E-state index in [9.17, 15) is 22.0 Å². The van der Waals surface area contributed by atoms with Gasteiger partial charge in [0.25, 0.3) is 0 Å². The predicted molar refractivity (Wildman–Crippen MR) is 61.7 cm³/mol. The van der Waals surface area contributed by atoms with E-state index >= 15 is 0 Å². The van der Waals surface area contributed by atoms with Gasteiger partial charge in [0.05, 0.1) is 0 Å². The smallest absolute Gasteiger partial charge is 0.200 e. The summed E-state index contributed by atoms with van der Waals surface area (Å²) in [5.74, 6) is -10.0. The Hall–Kier alpha value is -2.31. The van der Waals surface area contributed by atoms with E-state index in [1.807, 2.05) is 0 Å². The van der Waals surface area contributed by atoms with Gasteiger partial charge in [-0.25, -0.2) is 22.0 Å². The molecule has 2 aromatic carbocycles. The number of phenols is 1. The minimum atomic E-state index is -2.20. The molecule has 0 saturated carbocycles. The fourth-order valence-corrected chi connectivity index (χ4v) is 1.56. The number of halogens is 5. The van der Waals surface area contributed by atoms with E-state index in [0.717, 1.165) is 0 Å². The first-order valence-electron chi connectivity index (χ1n) is 5.45. The van der Waals surface area contributed by atoms with Crippen LogP contribution in [0.3, 0.4) is 0 Å². The third kappa shape index (κ3) is 2.52. The van der Waals surface area contributed by atoms with Crippen molar-refractivity contribution in [1.29, 1.82) is 0 Å². The van der Waals surface area contributed by atoms with Crippen LogP contribution in [-0.2, 0) is 6.54 Å². The van der Waals surface area contributed by atoms with Crippen molar-refractivity contribution in [3.05, 3.63) is 58.9 Å². The van der Waals surface area contributed by atoms with E-state index in [1.165, 1.54) is 24.3 Å². The van der Waals surface area contributed by atoms with Crippen LogP contribution in [0.2, 0.25) is 0 Å². The highest BCUT2D eigenvalue weighted by molar-refractivity contribution is 5.48. The third-order valence-electron chi connectivity index (χ3n) is 2.62. The van der Waals surface area contributed by atoms with Crippen molar-refractivity contribution < 1.29 is 27.1 Å². The Kier molecular flexibility index (Phi) is 3.78. The first kappa shape index (κ1) is 14.1. The first-order valence-corrected chi connectivity index (χ1v) is 5.45. The minimum absolute atomic E-state index is 0.00928. The van der Waals surface area contributed by atoms with Gasteiger partial charge < -0.3 is 10.4 Å². The average Bonchev–Trinajstić information content (AvgIpc) is 2.45. The third-order valence-corrected chi connectivity index (χ3v) is 2.62. The van der Waals surface area contributed by atoms with Crippen LogP contribution in [0.4, 0.5) is 27.6 Å². The van der Waals surface area contributed by atoms with Gasteiger partial charge in [-0.05, 0) is 17.7 Å². The van der Waals surface area contributed by atoms with Gasteiger partial charge >= 0.3 is 0 Å². The largest absolute Gasteiger partial charge is 0.508 e. The topological polar surface area (TPSA) is 32.3 Å². The molecule has 0 unspecified atom stereocenters. The van der Waals surface area contributed by atoms with Gasteiger partial charge in [0.2, 0.25) is 5.82 Å². The Balaban J connectivity index is 2.28. The van der Waals surface area contributed by atoms with Crippen molar-refractivity contribution in [2.75, 3.05) is 5.32 Å². The Bertz CT molecular complexity index is 613. The molecule has 2 rings (SSSR count). The summed E-state index contributed by atoms with van der Waals surface area (Å²) in [6.45, 7) is -0.168. The molecule has 0 aliphatic carbocycles. The lowest BCUT2D eigenvalue weighted by Gasteiger charge is -2.10. The van der Waals surface area contributed by atoms with Gasteiger partial charge in [-0.1, -0.05) is 12.1 Å². The van der Waals surface area contributed by atoms with Crippen molar-refractivity contribution in [1.82, 2.24) is 0 Å². The summed E-state index contributed by atoms with van der Waals surface area (Å²) in [7, 11) is 0. The summed E-state index contributed by atoms with van der Waals surface area (Å²) in [4.78, 5) is 0. The van der Waals surface area contributed by atoms with E-state index in [0.29, 0.717) is 5.56 Å². The number of hydrogen-bond acceptors (Lipinski definition) is 2. The molecule has 0 radical (unpaired) electrons. The summed E-state index contributed by atoms with van der Waals surface area (Å²) in [5.41, 5.74) is -0.596. The lowest BCUT2D eigenvalue weighted by Crippen LogP contribution is -2.09. The van der Waals surface area contributed by atoms with Crippen LogP contribution < -0.4 is 5.32 Å². The van der Waals surface area contributed by atoms with Crippen molar-refractivity contribution in [3.63, 3.8) is 0 Å². The summed E-state index contributed by atoms with van der Waals surface area (Å²) < 4.78 is 65.4. The lowest BCUT2D eigenvalue weighted by molar-refractivity contribution is 0.381. The Morgan fingerprint density at radius 2 is 1.20 bits per heavy atom. The van der Waals surface area contributed by atoms with Gasteiger partial charge in [-0.15, -0.1) is 0 Å². The second-order valence-electron chi connectivity index (χ2n) is 3.96. The van der Waals surface area contributed by atoms with Crippen molar-refractivity contribution in [2.24, 2.45) is 0 Å². The van der Waals surface area contributed by atoms with E-state index in [4.69, 9.17) is 5.11 Å². The van der Waals surface area contributed by atoms with Crippen LogP contribution in [-0.4, -0.2) is 5.11 Å². The van der Waals surface area contributed by atoms with E-state index in [1.54, 1.807) is 0 Å². The maximum Gasteiger partial charge on any atom is 0.200 e. The van der Waals surface area contributed by atoms with Crippen LogP contribution in [0.5, 0.6) is 5.75 Å². The standard InChI is InChI=1S/C13H8F5NO/c14-8-9(15)11(17)13(12(18)10(8)16)19-5-6-1-3-7(20)4-2-6/h1-4,19-20H,5H2. The molecule has 2 aromatic rings. The number of rotatable bonds is 3. The molecule has 0 fully saturated rings. The van der Waals surface area contributed by atoms with Gasteiger partial charge in [0.15, 0.2) is 23.3 Å². The Morgan fingerprint density at radius 3 is 1.70 bits per heavy atom. The number of hydrogen-bond donors (Lipinski definition) is 2. The van der Waals surface area contributed by atoms with Crippen LogP contribution in [0.15, 0.2) is 24.3 Å². The molecule has 0 spiro atoms. The van der Waals surface area contributed by atoms with Gasteiger partial charge in [0.1, 0.15) is 11.4 Å². The fourth-order valence-electron chi connectivity index (χ4n) is 1.56. The predicted octanol–water partition coefficient (Wildman–Crippen LogP) is 3.70. The van der Waals surface area contributed by atoms with Crippen molar-refractivity contribution >= 4 is 5.69 Å². The van der Waals surface area contributed by atoms with E-state index in [2.05, 4.69) is 5.32 Å². The zero-order valence-corrected chi connectivity index (χ0v) is 9.85. The molecule has 2 N–H and O–H groups in total. The highest BCUT2D eigenvalue weighted by atomic mass is 19.2. The van der Waals surface area contributed by atoms with Gasteiger partial charge in [-0.2, -0.15) is 0 Å². The number of phenolic OH excluding ortho intramolecular Hbond substituents is 1.